The van der Waals surface area contributed by atoms with Crippen molar-refractivity contribution in [2.45, 2.75) is 19.4 Å². The quantitative estimate of drug-likeness (QED) is 0.395. The van der Waals surface area contributed by atoms with Crippen LogP contribution in [0.3, 0.4) is 0 Å². The van der Waals surface area contributed by atoms with Gasteiger partial charge in [0.1, 0.15) is 0 Å². The van der Waals surface area contributed by atoms with E-state index in [1.54, 1.807) is 7.11 Å². The molecular weight excluding hydrogens is 314 g/mol. The molecule has 0 aliphatic carbocycles. The first-order valence-corrected chi connectivity index (χ1v) is 8.55. The van der Waals surface area contributed by atoms with Gasteiger partial charge >= 0.3 is 0 Å². The fourth-order valence-corrected chi connectivity index (χ4v) is 2.40. The highest BCUT2D eigenvalue weighted by Crippen LogP contribution is 2.15. The summed E-state index contributed by atoms with van der Waals surface area (Å²) >= 11 is 0. The molecule has 0 unspecified atom stereocenters. The number of nitrogens with one attached hydrogen (secondary N) is 1. The van der Waals surface area contributed by atoms with Crippen LogP contribution in [0.5, 0.6) is 0 Å². The lowest BCUT2D eigenvalue weighted by atomic mass is 10.2. The number of benzene rings is 2. The molecule has 134 valence electrons. The van der Waals surface area contributed by atoms with Crippen LogP contribution in [0.2, 0.25) is 0 Å². The molecule has 0 fully saturated rings. The Bertz CT molecular complexity index is 644. The monoisotopic (exact) mass is 341 g/mol. The zero-order valence-electron chi connectivity index (χ0n) is 14.8. The predicted octanol–water partition coefficient (Wildman–Crippen LogP) is 3.21. The first kappa shape index (κ1) is 19.0. The average molecular weight is 341 g/mol. The van der Waals surface area contributed by atoms with E-state index < -0.39 is 0 Å². The predicted molar refractivity (Wildman–Crippen MR) is 103 cm³/mol. The van der Waals surface area contributed by atoms with Gasteiger partial charge in [0, 0.05) is 31.5 Å². The van der Waals surface area contributed by atoms with Gasteiger partial charge in [0.2, 0.25) is 0 Å². The van der Waals surface area contributed by atoms with Crippen molar-refractivity contribution in [3.05, 3.63) is 65.7 Å². The van der Waals surface area contributed by atoms with Crippen LogP contribution in [0.25, 0.3) is 0 Å². The van der Waals surface area contributed by atoms with Crippen molar-refractivity contribution >= 4 is 11.6 Å². The van der Waals surface area contributed by atoms with E-state index in [4.69, 9.17) is 15.2 Å². The third-order valence-corrected chi connectivity index (χ3v) is 3.69. The van der Waals surface area contributed by atoms with Crippen LogP contribution in [0, 0.1) is 0 Å². The topological polar surface area (TPSA) is 68.9 Å². The summed E-state index contributed by atoms with van der Waals surface area (Å²) in [5, 5.41) is 3.13. The molecule has 2 rings (SSSR count). The molecule has 0 heterocycles. The molecule has 0 saturated heterocycles. The van der Waals surface area contributed by atoms with Gasteiger partial charge in [-0.15, -0.1) is 0 Å². The maximum absolute atomic E-state index is 5.94. The molecule has 0 radical (unpaired) electrons. The van der Waals surface area contributed by atoms with Crippen molar-refractivity contribution in [2.75, 3.05) is 32.2 Å². The van der Waals surface area contributed by atoms with E-state index in [2.05, 4.69) is 22.4 Å². The molecule has 0 atom stereocenters. The van der Waals surface area contributed by atoms with Crippen LogP contribution in [-0.2, 0) is 22.5 Å². The van der Waals surface area contributed by atoms with Gasteiger partial charge in [-0.05, 0) is 24.5 Å². The number of para-hydroxylation sites is 1. The molecule has 2 aromatic carbocycles. The van der Waals surface area contributed by atoms with Crippen molar-refractivity contribution in [1.29, 1.82) is 0 Å². The number of nitrogens with zero attached hydrogens (tertiary/aromatic N) is 1. The fraction of sp³-hybridized carbons (Fsp3) is 0.350. The summed E-state index contributed by atoms with van der Waals surface area (Å²) in [5.41, 5.74) is 9.21. The molecule has 25 heavy (non-hydrogen) atoms. The van der Waals surface area contributed by atoms with Crippen LogP contribution in [0.4, 0.5) is 5.69 Å². The van der Waals surface area contributed by atoms with Gasteiger partial charge < -0.3 is 20.5 Å². The minimum Gasteiger partial charge on any atom is -0.381 e. The zero-order chi connectivity index (χ0) is 17.7. The number of aliphatic imine (C=N–C) groups is 1. The Labute approximate surface area is 149 Å². The second-order valence-corrected chi connectivity index (χ2v) is 5.68. The van der Waals surface area contributed by atoms with Gasteiger partial charge in [-0.3, -0.25) is 4.99 Å². The van der Waals surface area contributed by atoms with Crippen LogP contribution in [0.15, 0.2) is 59.6 Å². The van der Waals surface area contributed by atoms with Crippen LogP contribution < -0.4 is 11.1 Å². The third kappa shape index (κ3) is 7.37. The summed E-state index contributed by atoms with van der Waals surface area (Å²) < 4.78 is 10.8. The summed E-state index contributed by atoms with van der Waals surface area (Å²) in [6.07, 6.45) is 1.78. The average Bonchev–Trinajstić information content (AvgIpc) is 2.63. The molecule has 0 spiro atoms. The number of methoxy groups -OCH3 is 1. The Morgan fingerprint density at radius 3 is 2.60 bits per heavy atom. The highest BCUT2D eigenvalue weighted by Gasteiger charge is 2.02. The number of guanidine groups is 1. The zero-order valence-corrected chi connectivity index (χ0v) is 14.8. The van der Waals surface area contributed by atoms with E-state index in [-0.39, 0.29) is 0 Å². The standard InChI is InChI=1S/C20H27N3O2/c1-24-16-18-10-5-6-11-19(18)23-20(21)22-13-7-14-25-15-12-17-8-3-2-4-9-17/h2-6,8-11H,7,12-16H2,1H3,(H3,21,22,23). The number of hydrogen-bond donors (Lipinski definition) is 2. The molecule has 0 aromatic heterocycles. The van der Waals surface area contributed by atoms with E-state index >= 15 is 0 Å². The van der Waals surface area contributed by atoms with E-state index in [1.165, 1.54) is 5.56 Å². The maximum atomic E-state index is 5.94. The van der Waals surface area contributed by atoms with Crippen LogP contribution in [0.1, 0.15) is 17.5 Å². The number of nitrogens with two attached hydrogens (primary N) is 1. The van der Waals surface area contributed by atoms with Gasteiger partial charge in [0.05, 0.1) is 13.2 Å². The van der Waals surface area contributed by atoms with Crippen LogP contribution >= 0.6 is 0 Å². The molecule has 3 N–H and O–H groups in total. The first-order chi connectivity index (χ1) is 12.3. The van der Waals surface area contributed by atoms with Crippen molar-refractivity contribution < 1.29 is 9.47 Å². The lowest BCUT2D eigenvalue weighted by Gasteiger charge is -2.10. The smallest absolute Gasteiger partial charge is 0.193 e. The van der Waals surface area contributed by atoms with Crippen molar-refractivity contribution in [2.24, 2.45) is 10.7 Å². The molecule has 0 aliphatic rings. The number of hydrogen-bond acceptors (Lipinski definition) is 3. The molecule has 0 saturated carbocycles. The Hall–Kier alpha value is -2.37. The minimum atomic E-state index is 0.410. The maximum Gasteiger partial charge on any atom is 0.193 e. The minimum absolute atomic E-state index is 0.410. The lowest BCUT2D eigenvalue weighted by molar-refractivity contribution is 0.136. The normalized spacial score (nSPS) is 11.5. The molecular formula is C20H27N3O2. The second-order valence-electron chi connectivity index (χ2n) is 5.68. The fourth-order valence-electron chi connectivity index (χ4n) is 2.40. The second kappa shape index (κ2) is 11.2. The highest BCUT2D eigenvalue weighted by molar-refractivity contribution is 5.92. The summed E-state index contributed by atoms with van der Waals surface area (Å²) in [7, 11) is 1.67. The van der Waals surface area contributed by atoms with Crippen molar-refractivity contribution in [3.63, 3.8) is 0 Å². The van der Waals surface area contributed by atoms with Crippen LogP contribution in [-0.4, -0.2) is 32.8 Å². The summed E-state index contributed by atoms with van der Waals surface area (Å²) in [4.78, 5) is 4.34. The van der Waals surface area contributed by atoms with E-state index in [1.807, 2.05) is 42.5 Å². The van der Waals surface area contributed by atoms with E-state index in [0.29, 0.717) is 25.7 Å². The number of rotatable bonds is 10. The van der Waals surface area contributed by atoms with Gasteiger partial charge in [0.15, 0.2) is 5.96 Å². The lowest BCUT2D eigenvalue weighted by Crippen LogP contribution is -2.23. The Morgan fingerprint density at radius 2 is 1.80 bits per heavy atom. The van der Waals surface area contributed by atoms with Crippen molar-refractivity contribution in [3.8, 4) is 0 Å². The molecule has 5 heteroatoms. The summed E-state index contributed by atoms with van der Waals surface area (Å²) in [5.74, 6) is 0.410. The molecule has 0 amide bonds. The Balaban J connectivity index is 1.63. The molecule has 0 bridgehead atoms. The van der Waals surface area contributed by atoms with Gasteiger partial charge in [-0.2, -0.15) is 0 Å². The number of anilines is 1. The van der Waals surface area contributed by atoms with Gasteiger partial charge in [0.25, 0.3) is 0 Å². The van der Waals surface area contributed by atoms with E-state index in [9.17, 15) is 0 Å². The number of ether oxygens (including phenoxy) is 2. The molecule has 2 aromatic rings. The SMILES string of the molecule is COCc1ccccc1NC(N)=NCCCOCCc1ccccc1. The Kier molecular flexibility index (Phi) is 8.52. The summed E-state index contributed by atoms with van der Waals surface area (Å²) in [6.45, 7) is 2.58. The largest absolute Gasteiger partial charge is 0.381 e. The van der Waals surface area contributed by atoms with E-state index in [0.717, 1.165) is 30.7 Å². The third-order valence-electron chi connectivity index (χ3n) is 3.69. The van der Waals surface area contributed by atoms with Gasteiger partial charge in [-0.25, -0.2) is 0 Å². The summed E-state index contributed by atoms with van der Waals surface area (Å²) in [6, 6.07) is 18.2. The molecule has 5 nitrogen and oxygen atoms in total. The highest BCUT2D eigenvalue weighted by atomic mass is 16.5. The first-order valence-electron chi connectivity index (χ1n) is 8.55. The Morgan fingerprint density at radius 1 is 1.04 bits per heavy atom. The molecule has 0 aliphatic heterocycles. The van der Waals surface area contributed by atoms with Gasteiger partial charge in [-0.1, -0.05) is 48.5 Å². The van der Waals surface area contributed by atoms with Crippen molar-refractivity contribution in [1.82, 2.24) is 0 Å².